The molecule has 0 atom stereocenters. The molecule has 0 fully saturated rings. The topological polar surface area (TPSA) is 107 Å². The van der Waals surface area contributed by atoms with Crippen molar-refractivity contribution in [2.45, 2.75) is 19.9 Å². The van der Waals surface area contributed by atoms with Crippen molar-refractivity contribution in [3.63, 3.8) is 0 Å². The van der Waals surface area contributed by atoms with E-state index in [0.29, 0.717) is 0 Å². The highest BCUT2D eigenvalue weighted by atomic mass is 16.3. The number of phenolic OH excluding ortho intramolecular Hbond substituents is 3. The Morgan fingerprint density at radius 2 is 1.28 bits per heavy atom. The van der Waals surface area contributed by atoms with Crippen LogP contribution in [0.5, 0.6) is 17.2 Å². The maximum Gasteiger partial charge on any atom is 0.157 e. The smallest absolute Gasteiger partial charge is 0.157 e. The van der Waals surface area contributed by atoms with Crippen LogP contribution in [0.3, 0.4) is 0 Å². The summed E-state index contributed by atoms with van der Waals surface area (Å²) in [6.07, 6.45) is 1.54. The Kier molecular flexibility index (Phi) is 4.04. The SMILES string of the molecule is CC(C)N=Cc1c(O)c(C=O)c(O)c(C=O)c1O. The number of benzene rings is 1. The van der Waals surface area contributed by atoms with E-state index in [1.54, 1.807) is 13.8 Å². The van der Waals surface area contributed by atoms with Crippen molar-refractivity contribution < 1.29 is 24.9 Å². The minimum atomic E-state index is -0.753. The second-order valence-electron chi connectivity index (χ2n) is 3.89. The molecular weight excluding hydrogens is 238 g/mol. The Morgan fingerprint density at radius 3 is 1.61 bits per heavy atom. The third-order valence-corrected chi connectivity index (χ3v) is 2.27. The Balaban J connectivity index is 3.60. The Hall–Kier alpha value is -2.37. The molecule has 0 radical (unpaired) electrons. The fourth-order valence-electron chi connectivity index (χ4n) is 1.34. The minimum Gasteiger partial charge on any atom is -0.506 e. The highest BCUT2D eigenvalue weighted by molar-refractivity contribution is 6.01. The van der Waals surface area contributed by atoms with Crippen molar-refractivity contribution in [3.8, 4) is 17.2 Å². The van der Waals surface area contributed by atoms with E-state index >= 15 is 0 Å². The zero-order valence-corrected chi connectivity index (χ0v) is 9.91. The Bertz CT molecular complexity index is 485. The van der Waals surface area contributed by atoms with Crippen LogP contribution in [0, 0.1) is 0 Å². The minimum absolute atomic E-state index is 0.100. The third kappa shape index (κ3) is 2.32. The lowest BCUT2D eigenvalue weighted by Gasteiger charge is -2.10. The van der Waals surface area contributed by atoms with Crippen LogP contribution in [0.2, 0.25) is 0 Å². The van der Waals surface area contributed by atoms with Crippen molar-refractivity contribution in [2.24, 2.45) is 4.99 Å². The summed E-state index contributed by atoms with van der Waals surface area (Å²) in [6, 6.07) is -0.100. The van der Waals surface area contributed by atoms with E-state index in [4.69, 9.17) is 0 Å². The van der Waals surface area contributed by atoms with Gasteiger partial charge in [-0.2, -0.15) is 0 Å². The standard InChI is InChI=1S/C12H13NO5/c1-6(2)13-3-7-10(16)8(4-14)12(18)9(5-15)11(7)17/h3-6,16-18H,1-2H3. The molecule has 1 aromatic carbocycles. The second-order valence-corrected chi connectivity index (χ2v) is 3.89. The summed E-state index contributed by atoms with van der Waals surface area (Å²) >= 11 is 0. The van der Waals surface area contributed by atoms with Crippen molar-refractivity contribution in [1.82, 2.24) is 0 Å². The largest absolute Gasteiger partial charge is 0.506 e. The summed E-state index contributed by atoms with van der Waals surface area (Å²) in [4.78, 5) is 25.5. The quantitative estimate of drug-likeness (QED) is 0.551. The van der Waals surface area contributed by atoms with Crippen LogP contribution < -0.4 is 0 Å². The van der Waals surface area contributed by atoms with Crippen LogP contribution in [0.15, 0.2) is 4.99 Å². The lowest BCUT2D eigenvalue weighted by Crippen LogP contribution is -1.98. The summed E-state index contributed by atoms with van der Waals surface area (Å²) in [5.74, 6) is -1.98. The van der Waals surface area contributed by atoms with Gasteiger partial charge in [-0.1, -0.05) is 0 Å². The molecule has 18 heavy (non-hydrogen) atoms. The van der Waals surface area contributed by atoms with E-state index in [2.05, 4.69) is 4.99 Å². The van der Waals surface area contributed by atoms with Crippen LogP contribution in [-0.4, -0.2) is 40.1 Å². The number of hydrogen-bond acceptors (Lipinski definition) is 6. The molecule has 0 aliphatic rings. The van der Waals surface area contributed by atoms with E-state index < -0.39 is 28.4 Å². The van der Waals surface area contributed by atoms with Crippen molar-refractivity contribution in [2.75, 3.05) is 0 Å². The molecular formula is C12H13NO5. The van der Waals surface area contributed by atoms with Gasteiger partial charge in [-0.15, -0.1) is 0 Å². The predicted octanol–water partition coefficient (Wildman–Crippen LogP) is 1.26. The molecule has 0 aliphatic carbocycles. The van der Waals surface area contributed by atoms with Crippen LogP contribution in [-0.2, 0) is 0 Å². The highest BCUT2D eigenvalue weighted by Gasteiger charge is 2.21. The summed E-state index contributed by atoms with van der Waals surface area (Å²) in [6.45, 7) is 3.54. The average molecular weight is 251 g/mol. The van der Waals surface area contributed by atoms with E-state index in [-0.39, 0.29) is 24.2 Å². The molecule has 0 spiro atoms. The molecule has 6 heteroatoms. The van der Waals surface area contributed by atoms with Gasteiger partial charge < -0.3 is 15.3 Å². The second kappa shape index (κ2) is 5.31. The number of nitrogens with zero attached hydrogens (tertiary/aromatic N) is 1. The molecule has 0 aromatic heterocycles. The van der Waals surface area contributed by atoms with Crippen LogP contribution in [0.25, 0.3) is 0 Å². The Labute approximate surface area is 103 Å². The van der Waals surface area contributed by atoms with Crippen molar-refractivity contribution in [1.29, 1.82) is 0 Å². The molecule has 96 valence electrons. The summed E-state index contributed by atoms with van der Waals surface area (Å²) in [7, 11) is 0. The lowest BCUT2D eigenvalue weighted by atomic mass is 10.0. The molecule has 1 rings (SSSR count). The van der Waals surface area contributed by atoms with E-state index in [9.17, 15) is 24.9 Å². The summed E-state index contributed by atoms with van der Waals surface area (Å²) < 4.78 is 0. The number of hydrogen-bond donors (Lipinski definition) is 3. The highest BCUT2D eigenvalue weighted by Crippen LogP contribution is 2.39. The first-order valence-corrected chi connectivity index (χ1v) is 5.18. The van der Waals surface area contributed by atoms with Crippen molar-refractivity contribution >= 4 is 18.8 Å². The third-order valence-electron chi connectivity index (χ3n) is 2.27. The molecule has 0 heterocycles. The van der Waals surface area contributed by atoms with Crippen LogP contribution in [0.1, 0.15) is 40.1 Å². The molecule has 1 aromatic rings. The molecule has 3 N–H and O–H groups in total. The van der Waals surface area contributed by atoms with Gasteiger partial charge in [-0.25, -0.2) is 0 Å². The predicted molar refractivity (Wildman–Crippen MR) is 64.9 cm³/mol. The normalized spacial score (nSPS) is 11.1. The average Bonchev–Trinajstić information content (AvgIpc) is 2.29. The van der Waals surface area contributed by atoms with Crippen molar-refractivity contribution in [3.05, 3.63) is 16.7 Å². The summed E-state index contributed by atoms with van der Waals surface area (Å²) in [5, 5.41) is 29.0. The maximum absolute atomic E-state index is 10.8. The van der Waals surface area contributed by atoms with Gasteiger partial charge in [0.2, 0.25) is 0 Å². The van der Waals surface area contributed by atoms with Gasteiger partial charge in [-0.05, 0) is 13.8 Å². The fraction of sp³-hybridized carbons (Fsp3) is 0.250. The molecule has 0 saturated carbocycles. The van der Waals surface area contributed by atoms with Gasteiger partial charge in [0.1, 0.15) is 17.2 Å². The first kappa shape index (κ1) is 13.7. The first-order chi connectivity index (χ1) is 8.43. The van der Waals surface area contributed by atoms with Gasteiger partial charge in [0.05, 0.1) is 16.7 Å². The van der Waals surface area contributed by atoms with Gasteiger partial charge in [-0.3, -0.25) is 14.6 Å². The van der Waals surface area contributed by atoms with Gasteiger partial charge in [0.15, 0.2) is 12.6 Å². The molecule has 0 bridgehead atoms. The number of carbonyl (C=O) groups is 2. The number of phenols is 3. The fourth-order valence-corrected chi connectivity index (χ4v) is 1.34. The van der Waals surface area contributed by atoms with Gasteiger partial charge >= 0.3 is 0 Å². The van der Waals surface area contributed by atoms with Gasteiger partial charge in [0, 0.05) is 12.3 Å². The summed E-state index contributed by atoms with van der Waals surface area (Å²) in [5.41, 5.74) is -1.09. The molecule has 0 saturated heterocycles. The zero-order chi connectivity index (χ0) is 13.9. The zero-order valence-electron chi connectivity index (χ0n) is 9.91. The van der Waals surface area contributed by atoms with Gasteiger partial charge in [0.25, 0.3) is 0 Å². The molecule has 0 unspecified atom stereocenters. The monoisotopic (exact) mass is 251 g/mol. The van der Waals surface area contributed by atoms with E-state index in [1.165, 1.54) is 0 Å². The van der Waals surface area contributed by atoms with Crippen LogP contribution in [0.4, 0.5) is 0 Å². The number of aliphatic imine (C=N–C) groups is 1. The maximum atomic E-state index is 10.8. The number of rotatable bonds is 4. The molecule has 0 amide bonds. The lowest BCUT2D eigenvalue weighted by molar-refractivity contribution is 0.111. The Morgan fingerprint density at radius 1 is 0.889 bits per heavy atom. The molecule has 6 nitrogen and oxygen atoms in total. The number of aldehydes is 2. The van der Waals surface area contributed by atoms with Crippen LogP contribution >= 0.6 is 0 Å². The van der Waals surface area contributed by atoms with E-state index in [0.717, 1.165) is 6.21 Å². The number of aromatic hydroxyl groups is 3. The first-order valence-electron chi connectivity index (χ1n) is 5.18. The molecule has 0 aliphatic heterocycles. The van der Waals surface area contributed by atoms with E-state index in [1.807, 2.05) is 0 Å². The number of carbonyl (C=O) groups excluding carboxylic acids is 2.